The Labute approximate surface area is 94.3 Å². The van der Waals surface area contributed by atoms with E-state index < -0.39 is 12.0 Å². The highest BCUT2D eigenvalue weighted by atomic mass is 79.9. The van der Waals surface area contributed by atoms with Crippen LogP contribution in [0.1, 0.15) is 6.92 Å². The third-order valence-corrected chi connectivity index (χ3v) is 17.9. The lowest BCUT2D eigenvalue weighted by Crippen LogP contribution is -2.36. The summed E-state index contributed by atoms with van der Waals surface area (Å²) in [7, 11) is 0. The fraction of sp³-hybridized carbons (Fsp3) is 1.00. The highest BCUT2D eigenvalue weighted by molar-refractivity contribution is 9.51. The van der Waals surface area contributed by atoms with Gasteiger partial charge in [-0.2, -0.15) is 0 Å². The first-order valence-electron chi connectivity index (χ1n) is 4.04. The van der Waals surface area contributed by atoms with Crippen LogP contribution in [0.2, 0.25) is 30.2 Å². The molecule has 0 amide bonds. The number of hydrogen-bond donors (Lipinski definition) is 0. The molecule has 0 nitrogen and oxygen atoms in total. The number of rotatable bonds is 1. The molecule has 0 N–H and O–H groups in total. The molecule has 0 unspecified atom stereocenters. The molecule has 0 atom stereocenters. The van der Waals surface area contributed by atoms with Crippen LogP contribution in [0.3, 0.4) is 0 Å². The van der Waals surface area contributed by atoms with E-state index in [-0.39, 0.29) is 0 Å². The topological polar surface area (TPSA) is 0 Å². The van der Waals surface area contributed by atoms with Crippen LogP contribution < -0.4 is 0 Å². The molecule has 0 bridgehead atoms. The van der Waals surface area contributed by atoms with E-state index in [2.05, 4.69) is 52.8 Å². The predicted octanol–water partition coefficient (Wildman–Crippen LogP) is 4.59. The molecule has 1 aliphatic heterocycles. The number of hydrogen-bond acceptors (Lipinski definition) is 0. The van der Waals surface area contributed by atoms with E-state index >= 15 is 0 Å². The third kappa shape index (κ3) is 3.25. The minimum Gasteiger partial charge on any atom is -0.126 e. The van der Waals surface area contributed by atoms with Crippen molar-refractivity contribution in [1.82, 2.24) is 0 Å². The van der Waals surface area contributed by atoms with E-state index in [9.17, 15) is 0 Å². The smallest absolute Gasteiger partial charge is 0.126 e. The zero-order chi connectivity index (χ0) is 8.54. The number of halogens is 3. The van der Waals surface area contributed by atoms with Gasteiger partial charge in [0, 0.05) is 0 Å². The second-order valence-electron chi connectivity index (χ2n) is 3.36. The maximum Gasteiger partial charge on any atom is 0.200 e. The van der Waals surface area contributed by atoms with Gasteiger partial charge in [-0.05, 0) is 24.2 Å². The average molecular weight is 381 g/mol. The Bertz CT molecular complexity index is 139. The van der Waals surface area contributed by atoms with E-state index in [1.165, 1.54) is 30.2 Å². The van der Waals surface area contributed by atoms with Crippen molar-refractivity contribution in [2.24, 2.45) is 0 Å². The van der Waals surface area contributed by atoms with E-state index in [0.717, 1.165) is 0 Å². The molecular formula is C6H13Br3Si2. The molecule has 0 aromatic rings. The molecule has 0 aromatic heterocycles. The fourth-order valence-electron chi connectivity index (χ4n) is 1.42. The molecule has 11 heavy (non-hydrogen) atoms. The molecule has 0 aliphatic carbocycles. The van der Waals surface area contributed by atoms with E-state index in [1.54, 1.807) is 0 Å². The van der Waals surface area contributed by atoms with Crippen molar-refractivity contribution in [2.45, 2.75) is 37.1 Å². The van der Waals surface area contributed by atoms with E-state index in [0.29, 0.717) is 0 Å². The predicted molar refractivity (Wildman–Crippen MR) is 68.0 cm³/mol. The highest BCUT2D eigenvalue weighted by Crippen LogP contribution is 2.46. The van der Waals surface area contributed by atoms with Gasteiger partial charge in [0.25, 0.3) is 0 Å². The van der Waals surface area contributed by atoms with Crippen LogP contribution >= 0.6 is 45.9 Å². The molecule has 0 radical (unpaired) electrons. The normalized spacial score (nSPS) is 28.4. The van der Waals surface area contributed by atoms with Crippen molar-refractivity contribution >= 4 is 57.9 Å². The van der Waals surface area contributed by atoms with Crippen LogP contribution in [0, 0.1) is 0 Å². The second-order valence-corrected chi connectivity index (χ2v) is 27.4. The maximum absolute atomic E-state index is 3.97. The van der Waals surface area contributed by atoms with E-state index in [1.807, 2.05) is 0 Å². The Morgan fingerprint density at radius 1 is 1.00 bits per heavy atom. The lowest BCUT2D eigenvalue weighted by Gasteiger charge is -2.34. The Hall–Kier alpha value is 1.87. The monoisotopic (exact) mass is 378 g/mol. The molecule has 1 aliphatic rings. The summed E-state index contributed by atoms with van der Waals surface area (Å²) in [6.07, 6.45) is 0. The van der Waals surface area contributed by atoms with Crippen molar-refractivity contribution in [3.63, 3.8) is 0 Å². The van der Waals surface area contributed by atoms with Crippen LogP contribution in [-0.4, -0.2) is 12.0 Å². The van der Waals surface area contributed by atoms with Crippen LogP contribution in [0.4, 0.5) is 0 Å². The first-order valence-corrected chi connectivity index (χ1v) is 15.8. The molecule has 1 heterocycles. The molecule has 5 heteroatoms. The van der Waals surface area contributed by atoms with Crippen LogP contribution in [0.25, 0.3) is 0 Å². The van der Waals surface area contributed by atoms with Gasteiger partial charge in [-0.15, -0.1) is 45.9 Å². The lowest BCUT2D eigenvalue weighted by atomic mass is 10.9. The molecule has 0 aromatic carbocycles. The van der Waals surface area contributed by atoms with Gasteiger partial charge in [0.05, 0.1) is 0 Å². The average Bonchev–Trinajstić information content (AvgIpc) is 1.97. The van der Waals surface area contributed by atoms with Crippen molar-refractivity contribution in [1.29, 1.82) is 0 Å². The van der Waals surface area contributed by atoms with Gasteiger partial charge in [-0.25, -0.2) is 0 Å². The van der Waals surface area contributed by atoms with Gasteiger partial charge in [-0.1, -0.05) is 13.0 Å². The summed E-state index contributed by atoms with van der Waals surface area (Å²) in [5, 5.41) is -1.07. The molecule has 1 rings (SSSR count). The van der Waals surface area contributed by atoms with Gasteiger partial charge in [0.1, 0.15) is 6.69 Å². The summed E-state index contributed by atoms with van der Waals surface area (Å²) in [6.45, 7) is 1.42. The summed E-state index contributed by atoms with van der Waals surface area (Å²) in [5.41, 5.74) is 0. The fourth-order valence-corrected chi connectivity index (χ4v) is 19.8. The molecule has 0 saturated carbocycles. The molecule has 1 fully saturated rings. The SMILES string of the molecule is CC[Si]1(Br)CC[Si](Br)(Br)CC1. The van der Waals surface area contributed by atoms with Gasteiger partial charge >= 0.3 is 0 Å². The van der Waals surface area contributed by atoms with Crippen LogP contribution in [-0.2, 0) is 0 Å². The highest BCUT2D eigenvalue weighted by Gasteiger charge is 2.40. The maximum atomic E-state index is 3.97. The van der Waals surface area contributed by atoms with Crippen LogP contribution in [0.15, 0.2) is 0 Å². The molecule has 0 spiro atoms. The van der Waals surface area contributed by atoms with E-state index in [4.69, 9.17) is 0 Å². The summed E-state index contributed by atoms with van der Waals surface area (Å²) in [6, 6.07) is 7.16. The first kappa shape index (κ1) is 11.0. The van der Waals surface area contributed by atoms with Crippen molar-refractivity contribution < 1.29 is 0 Å². The summed E-state index contributed by atoms with van der Waals surface area (Å²) < 4.78 is 0. The summed E-state index contributed by atoms with van der Waals surface area (Å²) in [5.74, 6) is 0. The quantitative estimate of drug-likeness (QED) is 0.461. The third-order valence-electron chi connectivity index (χ3n) is 2.51. The lowest BCUT2D eigenvalue weighted by molar-refractivity contribution is 1.15. The van der Waals surface area contributed by atoms with Crippen molar-refractivity contribution in [3.8, 4) is 0 Å². The standard InChI is InChI=1S/C6H13Br3Si2/c1-2-10(7)3-5-11(8,9)6-4-10/h2-6H2,1H3. The molecular weight excluding hydrogens is 368 g/mol. The van der Waals surface area contributed by atoms with Gasteiger partial charge in [-0.3, -0.25) is 0 Å². The zero-order valence-electron chi connectivity index (χ0n) is 6.67. The van der Waals surface area contributed by atoms with Crippen molar-refractivity contribution in [3.05, 3.63) is 0 Å². The largest absolute Gasteiger partial charge is 0.200 e. The van der Waals surface area contributed by atoms with Crippen LogP contribution in [0.5, 0.6) is 0 Å². The van der Waals surface area contributed by atoms with Gasteiger partial charge < -0.3 is 0 Å². The van der Waals surface area contributed by atoms with Crippen molar-refractivity contribution in [2.75, 3.05) is 0 Å². The zero-order valence-corrected chi connectivity index (χ0v) is 13.4. The Morgan fingerprint density at radius 2 is 1.45 bits per heavy atom. The Balaban J connectivity index is 2.48. The minimum atomic E-state index is -1.07. The second kappa shape index (κ2) is 3.94. The first-order chi connectivity index (χ1) is 4.97. The molecule has 66 valence electrons. The minimum absolute atomic E-state index is 0.912. The Kier molecular flexibility index (Phi) is 3.92. The Morgan fingerprint density at radius 3 is 1.82 bits per heavy atom. The van der Waals surface area contributed by atoms with Gasteiger partial charge in [0.15, 0.2) is 0 Å². The summed E-state index contributed by atoms with van der Waals surface area (Å²) >= 11 is 11.6. The van der Waals surface area contributed by atoms with Gasteiger partial charge in [0.2, 0.25) is 5.31 Å². The summed E-state index contributed by atoms with van der Waals surface area (Å²) in [4.78, 5) is 0. The molecule has 1 saturated heterocycles.